The molecule has 9 heteroatoms. The second-order valence-corrected chi connectivity index (χ2v) is 4.60. The van der Waals surface area contributed by atoms with Crippen molar-refractivity contribution in [2.45, 2.75) is 23.7 Å². The average molecular weight is 280 g/mol. The summed E-state index contributed by atoms with van der Waals surface area (Å²) in [4.78, 5) is 26.8. The zero-order chi connectivity index (χ0) is 14.0. The SMILES string of the molecule is CCn1c(Sc2ncc(N)cc2C(N)=O)n[nH]c1=O. The summed E-state index contributed by atoms with van der Waals surface area (Å²) >= 11 is 1.08. The summed E-state index contributed by atoms with van der Waals surface area (Å²) in [5, 5.41) is 6.97. The van der Waals surface area contributed by atoms with Crippen LogP contribution in [-0.2, 0) is 6.54 Å². The minimum Gasteiger partial charge on any atom is -0.397 e. The molecule has 0 bridgehead atoms. The number of nitrogens with one attached hydrogen (secondary N) is 1. The van der Waals surface area contributed by atoms with Crippen LogP contribution in [0.4, 0.5) is 5.69 Å². The number of amides is 1. The predicted octanol–water partition coefficient (Wildman–Crippen LogP) is -0.181. The summed E-state index contributed by atoms with van der Waals surface area (Å²) in [7, 11) is 0. The number of carbonyl (C=O) groups excluding carboxylic acids is 1. The first-order chi connectivity index (χ1) is 9.02. The van der Waals surface area contributed by atoms with Gasteiger partial charge in [-0.25, -0.2) is 14.9 Å². The molecule has 2 rings (SSSR count). The quantitative estimate of drug-likeness (QED) is 0.711. The molecule has 0 saturated carbocycles. The van der Waals surface area contributed by atoms with Crippen molar-refractivity contribution in [2.75, 3.05) is 5.73 Å². The van der Waals surface area contributed by atoms with Gasteiger partial charge in [0.25, 0.3) is 5.91 Å². The van der Waals surface area contributed by atoms with E-state index in [2.05, 4.69) is 15.2 Å². The zero-order valence-electron chi connectivity index (χ0n) is 10.1. The van der Waals surface area contributed by atoms with Crippen LogP contribution in [-0.4, -0.2) is 25.7 Å². The highest BCUT2D eigenvalue weighted by atomic mass is 32.2. The molecule has 0 spiro atoms. The fourth-order valence-corrected chi connectivity index (χ4v) is 2.43. The number of nitrogens with two attached hydrogens (primary N) is 2. The number of anilines is 1. The van der Waals surface area contributed by atoms with Crippen LogP contribution >= 0.6 is 11.8 Å². The average Bonchev–Trinajstić information content (AvgIpc) is 2.71. The Kier molecular flexibility index (Phi) is 3.56. The number of carbonyl (C=O) groups is 1. The fourth-order valence-electron chi connectivity index (χ4n) is 1.47. The number of hydrogen-bond acceptors (Lipinski definition) is 6. The summed E-state index contributed by atoms with van der Waals surface area (Å²) in [6.07, 6.45) is 1.41. The van der Waals surface area contributed by atoms with Crippen LogP contribution in [0.3, 0.4) is 0 Å². The molecule has 8 nitrogen and oxygen atoms in total. The van der Waals surface area contributed by atoms with Gasteiger partial charge < -0.3 is 11.5 Å². The van der Waals surface area contributed by atoms with Gasteiger partial charge in [0.15, 0.2) is 5.16 Å². The van der Waals surface area contributed by atoms with E-state index in [0.29, 0.717) is 22.4 Å². The molecule has 0 aliphatic heterocycles. The lowest BCUT2D eigenvalue weighted by Crippen LogP contribution is -2.16. The minimum atomic E-state index is -0.636. The van der Waals surface area contributed by atoms with E-state index in [1.54, 1.807) is 0 Å². The largest absolute Gasteiger partial charge is 0.397 e. The number of pyridine rings is 1. The first-order valence-corrected chi connectivity index (χ1v) is 6.23. The fraction of sp³-hybridized carbons (Fsp3) is 0.200. The molecule has 0 fully saturated rings. The second-order valence-electron chi connectivity index (χ2n) is 3.64. The second kappa shape index (κ2) is 5.14. The third-order valence-electron chi connectivity index (χ3n) is 2.37. The van der Waals surface area contributed by atoms with Gasteiger partial charge >= 0.3 is 5.69 Å². The van der Waals surface area contributed by atoms with Crippen LogP contribution in [0.15, 0.2) is 27.2 Å². The molecular weight excluding hydrogens is 268 g/mol. The van der Waals surface area contributed by atoms with Crippen molar-refractivity contribution in [1.82, 2.24) is 19.7 Å². The molecule has 0 saturated heterocycles. The highest BCUT2D eigenvalue weighted by Crippen LogP contribution is 2.27. The van der Waals surface area contributed by atoms with Gasteiger partial charge in [-0.3, -0.25) is 9.36 Å². The first-order valence-electron chi connectivity index (χ1n) is 5.41. The van der Waals surface area contributed by atoms with Gasteiger partial charge in [0.05, 0.1) is 17.4 Å². The van der Waals surface area contributed by atoms with Crippen LogP contribution in [0.1, 0.15) is 17.3 Å². The Balaban J connectivity index is 2.43. The number of aromatic amines is 1. The maximum Gasteiger partial charge on any atom is 0.343 e. The monoisotopic (exact) mass is 280 g/mol. The summed E-state index contributed by atoms with van der Waals surface area (Å²) < 4.78 is 1.42. The van der Waals surface area contributed by atoms with Gasteiger partial charge in [-0.05, 0) is 24.8 Å². The topological polar surface area (TPSA) is 133 Å². The van der Waals surface area contributed by atoms with Crippen molar-refractivity contribution in [1.29, 1.82) is 0 Å². The Morgan fingerprint density at radius 1 is 1.58 bits per heavy atom. The van der Waals surface area contributed by atoms with Crippen LogP contribution in [0.5, 0.6) is 0 Å². The van der Waals surface area contributed by atoms with Crippen molar-refractivity contribution >= 4 is 23.4 Å². The number of nitrogens with zero attached hydrogens (tertiary/aromatic N) is 3. The minimum absolute atomic E-state index is 0.197. The summed E-state index contributed by atoms with van der Waals surface area (Å²) in [5.41, 5.74) is 11.1. The Morgan fingerprint density at radius 3 is 2.95 bits per heavy atom. The molecule has 100 valence electrons. The van der Waals surface area contributed by atoms with Crippen LogP contribution in [0.2, 0.25) is 0 Å². The van der Waals surface area contributed by atoms with E-state index in [-0.39, 0.29) is 11.3 Å². The number of H-pyrrole nitrogens is 1. The molecule has 0 aliphatic carbocycles. The summed E-state index contributed by atoms with van der Waals surface area (Å²) in [5.74, 6) is -0.636. The Hall–Kier alpha value is -2.29. The maximum atomic E-state index is 11.4. The van der Waals surface area contributed by atoms with Crippen molar-refractivity contribution in [3.05, 3.63) is 28.3 Å². The number of primary amides is 1. The van der Waals surface area contributed by atoms with Crippen molar-refractivity contribution in [3.8, 4) is 0 Å². The smallest absolute Gasteiger partial charge is 0.343 e. The molecule has 0 unspecified atom stereocenters. The maximum absolute atomic E-state index is 11.4. The zero-order valence-corrected chi connectivity index (χ0v) is 10.9. The molecule has 0 radical (unpaired) electrons. The van der Waals surface area contributed by atoms with Crippen LogP contribution in [0.25, 0.3) is 0 Å². The lowest BCUT2D eigenvalue weighted by Gasteiger charge is -2.06. The highest BCUT2D eigenvalue weighted by Gasteiger charge is 2.15. The molecule has 2 aromatic heterocycles. The van der Waals surface area contributed by atoms with Crippen molar-refractivity contribution in [3.63, 3.8) is 0 Å². The van der Waals surface area contributed by atoms with Gasteiger partial charge in [-0.15, -0.1) is 5.10 Å². The van der Waals surface area contributed by atoms with Crippen LogP contribution < -0.4 is 17.2 Å². The Bertz CT molecular complexity index is 677. The van der Waals surface area contributed by atoms with Gasteiger partial charge in [-0.1, -0.05) is 0 Å². The molecule has 0 aliphatic rings. The molecule has 2 aromatic rings. The summed E-state index contributed by atoms with van der Waals surface area (Å²) in [6, 6.07) is 1.44. The predicted molar refractivity (Wildman–Crippen MR) is 69.8 cm³/mol. The number of rotatable bonds is 4. The van der Waals surface area contributed by atoms with Crippen molar-refractivity contribution < 1.29 is 4.79 Å². The van der Waals surface area contributed by atoms with E-state index >= 15 is 0 Å². The highest BCUT2D eigenvalue weighted by molar-refractivity contribution is 7.99. The molecular formula is C10H12N6O2S. The van der Waals surface area contributed by atoms with Crippen LogP contribution in [0, 0.1) is 0 Å². The number of hydrogen-bond donors (Lipinski definition) is 3. The van der Waals surface area contributed by atoms with E-state index in [4.69, 9.17) is 11.5 Å². The Morgan fingerprint density at radius 2 is 2.32 bits per heavy atom. The van der Waals surface area contributed by atoms with Gasteiger partial charge in [0.2, 0.25) is 0 Å². The van der Waals surface area contributed by atoms with Gasteiger partial charge in [0.1, 0.15) is 5.03 Å². The molecule has 19 heavy (non-hydrogen) atoms. The van der Waals surface area contributed by atoms with Gasteiger partial charge in [-0.2, -0.15) is 0 Å². The molecule has 2 heterocycles. The number of nitrogen functional groups attached to an aromatic ring is 1. The Labute approximate surface area is 112 Å². The van der Waals surface area contributed by atoms with E-state index in [0.717, 1.165) is 11.8 Å². The molecule has 0 atom stereocenters. The molecule has 5 N–H and O–H groups in total. The van der Waals surface area contributed by atoms with E-state index in [1.165, 1.54) is 16.8 Å². The van der Waals surface area contributed by atoms with E-state index in [1.807, 2.05) is 6.92 Å². The number of aromatic nitrogens is 4. The standard InChI is InChI=1S/C10H12N6O2S/c1-2-16-9(18)14-15-10(16)19-8-6(7(12)17)3-5(11)4-13-8/h3-4H,2,11H2,1H3,(H2,12,17)(H,14,18). The molecule has 1 amide bonds. The molecule has 0 aromatic carbocycles. The first kappa shape index (κ1) is 13.1. The van der Waals surface area contributed by atoms with E-state index < -0.39 is 5.91 Å². The van der Waals surface area contributed by atoms with Crippen molar-refractivity contribution in [2.24, 2.45) is 5.73 Å². The lowest BCUT2D eigenvalue weighted by atomic mass is 10.2. The normalized spacial score (nSPS) is 10.6. The third-order valence-corrected chi connectivity index (χ3v) is 3.38. The third kappa shape index (κ3) is 2.60. The van der Waals surface area contributed by atoms with E-state index in [9.17, 15) is 9.59 Å². The van der Waals surface area contributed by atoms with Gasteiger partial charge in [0, 0.05) is 6.54 Å². The lowest BCUT2D eigenvalue weighted by molar-refractivity contribution is 0.0997. The summed E-state index contributed by atoms with van der Waals surface area (Å²) in [6.45, 7) is 2.27.